The van der Waals surface area contributed by atoms with Crippen molar-refractivity contribution in [1.82, 2.24) is 0 Å². The van der Waals surface area contributed by atoms with Crippen molar-refractivity contribution in [3.8, 4) is 33.4 Å². The molecule has 0 heteroatoms. The molecule has 0 radical (unpaired) electrons. The molecule has 0 unspecified atom stereocenters. The van der Waals surface area contributed by atoms with Crippen LogP contribution in [0.5, 0.6) is 0 Å². The van der Waals surface area contributed by atoms with Gasteiger partial charge in [-0.15, -0.1) is 0 Å². The Hall–Kier alpha value is -4.42. The maximum absolute atomic E-state index is 2.55. The van der Waals surface area contributed by atoms with E-state index in [0.29, 0.717) is 0 Å². The molecule has 0 saturated heterocycles. The Balaban J connectivity index is 1.54. The SMILES string of the molecule is Cc1cc(C)cc(-c2cc3c4c(cc5ccc6c7c(cc2c6c53)-c2cc(C)ccc2C7(C)C)C(C)(C)c2ccc(C)cc2-4)c1. The first-order valence-electron chi connectivity index (χ1n) is 16.1. The summed E-state index contributed by atoms with van der Waals surface area (Å²) in [5.41, 5.74) is 19.2. The Morgan fingerprint density at radius 2 is 1.05 bits per heavy atom. The molecule has 0 fully saturated rings. The number of benzene rings is 7. The highest BCUT2D eigenvalue weighted by Crippen LogP contribution is 2.58. The highest BCUT2D eigenvalue weighted by molar-refractivity contribution is 6.31. The van der Waals surface area contributed by atoms with Gasteiger partial charge in [-0.1, -0.05) is 117 Å². The van der Waals surface area contributed by atoms with Crippen molar-refractivity contribution in [1.29, 1.82) is 0 Å². The fourth-order valence-corrected chi connectivity index (χ4v) is 9.18. The van der Waals surface area contributed by atoms with Crippen molar-refractivity contribution in [2.24, 2.45) is 0 Å². The summed E-state index contributed by atoms with van der Waals surface area (Å²) in [6.45, 7) is 18.6. The first-order chi connectivity index (χ1) is 20.9. The number of rotatable bonds is 1. The fraction of sp³-hybridized carbons (Fsp3) is 0.227. The predicted molar refractivity (Wildman–Crippen MR) is 190 cm³/mol. The molecular formula is C44H38. The maximum Gasteiger partial charge on any atom is 0.0165 e. The average molecular weight is 567 g/mol. The van der Waals surface area contributed by atoms with Gasteiger partial charge in [0.2, 0.25) is 0 Å². The van der Waals surface area contributed by atoms with Crippen molar-refractivity contribution in [3.63, 3.8) is 0 Å². The lowest BCUT2D eigenvalue weighted by Crippen LogP contribution is -2.16. The predicted octanol–water partition coefficient (Wildman–Crippen LogP) is 12.1. The minimum absolute atomic E-state index is 0.0500. The van der Waals surface area contributed by atoms with Crippen LogP contribution in [0.1, 0.15) is 72.2 Å². The Morgan fingerprint density at radius 1 is 0.409 bits per heavy atom. The van der Waals surface area contributed by atoms with Gasteiger partial charge in [-0.25, -0.2) is 0 Å². The molecule has 0 N–H and O–H groups in total. The molecule has 0 bridgehead atoms. The molecule has 0 heterocycles. The molecule has 9 rings (SSSR count). The van der Waals surface area contributed by atoms with Crippen LogP contribution in [-0.4, -0.2) is 0 Å². The monoisotopic (exact) mass is 566 g/mol. The van der Waals surface area contributed by atoms with Gasteiger partial charge in [-0.2, -0.15) is 0 Å². The zero-order valence-corrected chi connectivity index (χ0v) is 27.1. The van der Waals surface area contributed by atoms with Crippen molar-refractivity contribution in [2.75, 3.05) is 0 Å². The second-order valence-electron chi connectivity index (χ2n) is 14.9. The Morgan fingerprint density at radius 3 is 1.75 bits per heavy atom. The minimum Gasteiger partial charge on any atom is -0.0590 e. The van der Waals surface area contributed by atoms with E-state index in [1.165, 1.54) is 110 Å². The van der Waals surface area contributed by atoms with E-state index in [1.54, 1.807) is 0 Å². The van der Waals surface area contributed by atoms with Crippen LogP contribution in [0.15, 0.2) is 84.9 Å². The van der Waals surface area contributed by atoms with Gasteiger partial charge in [0, 0.05) is 10.8 Å². The van der Waals surface area contributed by atoms with Crippen molar-refractivity contribution in [2.45, 2.75) is 66.2 Å². The van der Waals surface area contributed by atoms with Crippen molar-refractivity contribution in [3.05, 3.63) is 129 Å². The van der Waals surface area contributed by atoms with Gasteiger partial charge in [-0.3, -0.25) is 0 Å². The van der Waals surface area contributed by atoms with Crippen LogP contribution in [0.2, 0.25) is 0 Å². The smallest absolute Gasteiger partial charge is 0.0165 e. The second-order valence-corrected chi connectivity index (χ2v) is 14.9. The third kappa shape index (κ3) is 3.14. The first-order valence-corrected chi connectivity index (χ1v) is 16.1. The lowest BCUT2D eigenvalue weighted by Gasteiger charge is -2.26. The van der Waals surface area contributed by atoms with Crippen LogP contribution in [0, 0.1) is 27.7 Å². The van der Waals surface area contributed by atoms with E-state index in [2.05, 4.69) is 140 Å². The second kappa shape index (κ2) is 8.19. The standard InChI is InChI=1S/C44H38/c1-23-9-13-36-31(18-23)33-22-32-30(28-16-25(3)15-26(4)17-28)21-35-39-27(11-12-29(41(32)39)42(33)44(36,7)8)20-38-40(35)34-19-24(2)10-14-37(34)43(38,5)6/h9-22H,1-8H3. The molecular weight excluding hydrogens is 528 g/mol. The van der Waals surface area contributed by atoms with Crippen LogP contribution in [0.25, 0.3) is 65.7 Å². The van der Waals surface area contributed by atoms with Gasteiger partial charge >= 0.3 is 0 Å². The topological polar surface area (TPSA) is 0 Å². The van der Waals surface area contributed by atoms with Crippen LogP contribution < -0.4 is 0 Å². The van der Waals surface area contributed by atoms with Gasteiger partial charge in [0.1, 0.15) is 0 Å². The zero-order valence-electron chi connectivity index (χ0n) is 27.1. The van der Waals surface area contributed by atoms with E-state index in [-0.39, 0.29) is 10.8 Å². The Labute approximate surface area is 260 Å². The largest absolute Gasteiger partial charge is 0.0590 e. The summed E-state index contributed by atoms with van der Waals surface area (Å²) in [4.78, 5) is 0. The third-order valence-electron chi connectivity index (χ3n) is 11.1. The Bertz CT molecular complexity index is 2390. The number of fused-ring (bicyclic) bond motifs is 8. The summed E-state index contributed by atoms with van der Waals surface area (Å²) >= 11 is 0. The fourth-order valence-electron chi connectivity index (χ4n) is 9.18. The molecule has 0 aromatic heterocycles. The molecule has 214 valence electrons. The normalized spacial score (nSPS) is 15.6. The van der Waals surface area contributed by atoms with E-state index < -0.39 is 0 Å². The van der Waals surface area contributed by atoms with Gasteiger partial charge in [0.25, 0.3) is 0 Å². The van der Waals surface area contributed by atoms with Crippen LogP contribution in [0.4, 0.5) is 0 Å². The van der Waals surface area contributed by atoms with E-state index in [4.69, 9.17) is 0 Å². The Kier molecular flexibility index (Phi) is 4.84. The quantitative estimate of drug-likeness (QED) is 0.173. The molecule has 0 saturated carbocycles. The zero-order chi connectivity index (χ0) is 30.4. The highest BCUT2D eigenvalue weighted by Gasteiger charge is 2.40. The molecule has 7 aromatic rings. The summed E-state index contributed by atoms with van der Waals surface area (Å²) in [7, 11) is 0. The molecule has 2 aliphatic rings. The van der Waals surface area contributed by atoms with E-state index in [1.807, 2.05) is 0 Å². The molecule has 0 aliphatic heterocycles. The van der Waals surface area contributed by atoms with Gasteiger partial charge in [0.05, 0.1) is 0 Å². The summed E-state index contributed by atoms with van der Waals surface area (Å²) in [5, 5.41) is 8.36. The number of hydrogen-bond donors (Lipinski definition) is 0. The van der Waals surface area contributed by atoms with Crippen LogP contribution in [0.3, 0.4) is 0 Å². The lowest BCUT2D eigenvalue weighted by molar-refractivity contribution is 0.661. The molecule has 44 heavy (non-hydrogen) atoms. The third-order valence-corrected chi connectivity index (χ3v) is 11.1. The lowest BCUT2D eigenvalue weighted by atomic mass is 9.76. The molecule has 2 aliphatic carbocycles. The first kappa shape index (κ1) is 26.0. The number of aryl methyl sites for hydroxylation is 4. The molecule has 7 aromatic carbocycles. The van der Waals surface area contributed by atoms with E-state index >= 15 is 0 Å². The van der Waals surface area contributed by atoms with Crippen LogP contribution >= 0.6 is 0 Å². The molecule has 0 amide bonds. The average Bonchev–Trinajstić information content (AvgIpc) is 3.32. The summed E-state index contributed by atoms with van der Waals surface area (Å²) in [6.07, 6.45) is 0. The molecule has 0 nitrogen and oxygen atoms in total. The number of hydrogen-bond acceptors (Lipinski definition) is 0. The summed E-state index contributed by atoms with van der Waals surface area (Å²) in [5.74, 6) is 0. The van der Waals surface area contributed by atoms with Gasteiger partial charge in [-0.05, 0) is 134 Å². The summed E-state index contributed by atoms with van der Waals surface area (Å²) in [6, 6.07) is 33.7. The van der Waals surface area contributed by atoms with Crippen molar-refractivity contribution >= 4 is 32.3 Å². The van der Waals surface area contributed by atoms with Gasteiger partial charge in [0.15, 0.2) is 0 Å². The minimum atomic E-state index is -0.0750. The highest BCUT2D eigenvalue weighted by atomic mass is 14.4. The van der Waals surface area contributed by atoms with E-state index in [9.17, 15) is 0 Å². The molecule has 0 spiro atoms. The molecule has 0 atom stereocenters. The van der Waals surface area contributed by atoms with Gasteiger partial charge < -0.3 is 0 Å². The van der Waals surface area contributed by atoms with Crippen molar-refractivity contribution < 1.29 is 0 Å². The van der Waals surface area contributed by atoms with Crippen LogP contribution in [-0.2, 0) is 10.8 Å². The maximum atomic E-state index is 2.55. The van der Waals surface area contributed by atoms with E-state index in [0.717, 1.165) is 0 Å². The summed E-state index contributed by atoms with van der Waals surface area (Å²) < 4.78 is 0.